The van der Waals surface area contributed by atoms with E-state index < -0.39 is 24.0 Å². The number of anilines is 1. The van der Waals surface area contributed by atoms with E-state index in [-0.39, 0.29) is 31.9 Å². The minimum Gasteiger partial charge on any atom is -0.465 e. The predicted octanol–water partition coefficient (Wildman–Crippen LogP) is 3.32. The minimum atomic E-state index is -3.22. The van der Waals surface area contributed by atoms with Crippen molar-refractivity contribution in [1.29, 1.82) is 0 Å². The maximum absolute atomic E-state index is 15.4. The SMILES string of the molecule is Cc1ccc(C[C@H]2N(C(=O)O)CCC(CNc3ncc4cn[nH]c4n3)C2(F)F)cc1. The lowest BCUT2D eigenvalue weighted by atomic mass is 9.83. The van der Waals surface area contributed by atoms with Crippen LogP contribution in [0.4, 0.5) is 19.5 Å². The number of H-pyrrole nitrogens is 1. The van der Waals surface area contributed by atoms with E-state index in [1.165, 1.54) is 0 Å². The summed E-state index contributed by atoms with van der Waals surface area (Å²) >= 11 is 0. The monoisotopic (exact) mass is 416 g/mol. The van der Waals surface area contributed by atoms with Crippen LogP contribution in [0.3, 0.4) is 0 Å². The molecule has 0 saturated carbocycles. The molecular weight excluding hydrogens is 394 g/mol. The largest absolute Gasteiger partial charge is 0.465 e. The summed E-state index contributed by atoms with van der Waals surface area (Å²) in [4.78, 5) is 20.8. The second kappa shape index (κ2) is 7.85. The highest BCUT2D eigenvalue weighted by molar-refractivity contribution is 5.73. The number of amides is 1. The quantitative estimate of drug-likeness (QED) is 0.589. The van der Waals surface area contributed by atoms with Crippen LogP contribution in [0, 0.1) is 12.8 Å². The molecule has 10 heteroatoms. The van der Waals surface area contributed by atoms with Gasteiger partial charge in [0.15, 0.2) is 5.65 Å². The first-order chi connectivity index (χ1) is 14.3. The van der Waals surface area contributed by atoms with Gasteiger partial charge in [-0.15, -0.1) is 0 Å². The summed E-state index contributed by atoms with van der Waals surface area (Å²) in [5.41, 5.74) is 2.20. The Kier molecular flexibility index (Phi) is 5.23. The molecule has 0 bridgehead atoms. The predicted molar refractivity (Wildman–Crippen MR) is 107 cm³/mol. The van der Waals surface area contributed by atoms with Crippen molar-refractivity contribution in [3.05, 3.63) is 47.8 Å². The molecule has 3 aromatic rings. The molecule has 3 heterocycles. The number of halogens is 2. The molecule has 1 aliphatic heterocycles. The van der Waals surface area contributed by atoms with Gasteiger partial charge in [-0.3, -0.25) is 10.00 Å². The first-order valence-corrected chi connectivity index (χ1v) is 9.67. The van der Waals surface area contributed by atoms with Crippen LogP contribution in [0.1, 0.15) is 17.5 Å². The number of nitrogens with one attached hydrogen (secondary N) is 2. The van der Waals surface area contributed by atoms with Crippen molar-refractivity contribution in [3.63, 3.8) is 0 Å². The minimum absolute atomic E-state index is 0.0446. The summed E-state index contributed by atoms with van der Waals surface area (Å²) in [5, 5.41) is 19.6. The third kappa shape index (κ3) is 3.89. The fourth-order valence-electron chi connectivity index (χ4n) is 3.82. The fraction of sp³-hybridized carbons (Fsp3) is 0.400. The topological polar surface area (TPSA) is 107 Å². The summed E-state index contributed by atoms with van der Waals surface area (Å²) in [7, 11) is 0. The average molecular weight is 416 g/mol. The summed E-state index contributed by atoms with van der Waals surface area (Å²) in [6.07, 6.45) is 1.80. The molecule has 2 aromatic heterocycles. The van der Waals surface area contributed by atoms with Crippen molar-refractivity contribution in [2.45, 2.75) is 31.7 Å². The van der Waals surface area contributed by atoms with Crippen LogP contribution in [0.15, 0.2) is 36.7 Å². The van der Waals surface area contributed by atoms with Crippen molar-refractivity contribution in [2.75, 3.05) is 18.4 Å². The number of nitrogens with zero attached hydrogens (tertiary/aromatic N) is 4. The zero-order valence-corrected chi connectivity index (χ0v) is 16.3. The van der Waals surface area contributed by atoms with E-state index in [9.17, 15) is 9.90 Å². The highest BCUT2D eigenvalue weighted by Gasteiger charge is 2.53. The standard InChI is InChI=1S/C20H22F2N6O2/c1-12-2-4-13(5-3-12)8-16-20(21,22)15(6-7-28(16)19(29)30)11-24-18-23-9-14-10-25-27-17(14)26-18/h2-5,9-10,15-16H,6-8,11H2,1H3,(H,29,30)(H2,23,24,25,26,27)/t15?,16-/m1/s1. The van der Waals surface area contributed by atoms with Crippen LogP contribution < -0.4 is 5.32 Å². The van der Waals surface area contributed by atoms with Gasteiger partial charge in [-0.05, 0) is 25.3 Å². The lowest BCUT2D eigenvalue weighted by molar-refractivity contribution is -0.140. The average Bonchev–Trinajstić information content (AvgIpc) is 3.17. The Morgan fingerprint density at radius 1 is 1.33 bits per heavy atom. The van der Waals surface area contributed by atoms with Crippen LogP contribution >= 0.6 is 0 Å². The Morgan fingerprint density at radius 3 is 2.83 bits per heavy atom. The molecule has 2 atom stereocenters. The van der Waals surface area contributed by atoms with Gasteiger partial charge >= 0.3 is 6.09 Å². The van der Waals surface area contributed by atoms with Crippen molar-refractivity contribution in [1.82, 2.24) is 25.1 Å². The number of alkyl halides is 2. The Hall–Kier alpha value is -3.30. The van der Waals surface area contributed by atoms with E-state index in [2.05, 4.69) is 25.5 Å². The number of likely N-dealkylation sites (tertiary alicyclic amines) is 1. The molecule has 4 rings (SSSR count). The summed E-state index contributed by atoms with van der Waals surface area (Å²) in [6, 6.07) is 5.77. The Morgan fingerprint density at radius 2 is 2.10 bits per heavy atom. The Bertz CT molecular complexity index is 1040. The van der Waals surface area contributed by atoms with E-state index >= 15 is 8.78 Å². The number of piperidine rings is 1. The first kappa shape index (κ1) is 20.0. The summed E-state index contributed by atoms with van der Waals surface area (Å²) < 4.78 is 30.8. The zero-order valence-electron chi connectivity index (χ0n) is 16.3. The van der Waals surface area contributed by atoms with Crippen molar-refractivity contribution in [3.8, 4) is 0 Å². The van der Waals surface area contributed by atoms with Crippen LogP contribution in [-0.4, -0.2) is 61.3 Å². The van der Waals surface area contributed by atoms with E-state index in [0.717, 1.165) is 15.8 Å². The van der Waals surface area contributed by atoms with E-state index in [1.54, 1.807) is 24.5 Å². The van der Waals surface area contributed by atoms with Crippen LogP contribution in [0.5, 0.6) is 0 Å². The number of carbonyl (C=O) groups is 1. The molecule has 3 N–H and O–H groups in total. The van der Waals surface area contributed by atoms with Gasteiger partial charge in [0.25, 0.3) is 5.92 Å². The molecule has 1 unspecified atom stereocenters. The van der Waals surface area contributed by atoms with Crippen molar-refractivity contribution in [2.24, 2.45) is 5.92 Å². The van der Waals surface area contributed by atoms with Gasteiger partial charge in [-0.1, -0.05) is 29.8 Å². The van der Waals surface area contributed by atoms with Gasteiger partial charge in [0.2, 0.25) is 5.95 Å². The maximum Gasteiger partial charge on any atom is 0.407 e. The maximum atomic E-state index is 15.4. The van der Waals surface area contributed by atoms with Crippen LogP contribution in [0.2, 0.25) is 0 Å². The number of fused-ring (bicyclic) bond motifs is 1. The molecule has 1 saturated heterocycles. The van der Waals surface area contributed by atoms with Gasteiger partial charge < -0.3 is 10.4 Å². The molecule has 1 aliphatic rings. The summed E-state index contributed by atoms with van der Waals surface area (Å²) in [5.74, 6) is -4.05. The molecule has 0 aliphatic carbocycles. The van der Waals surface area contributed by atoms with Gasteiger partial charge in [-0.25, -0.2) is 18.6 Å². The number of aromatic amines is 1. The highest BCUT2D eigenvalue weighted by Crippen LogP contribution is 2.39. The first-order valence-electron chi connectivity index (χ1n) is 9.67. The fourth-order valence-corrected chi connectivity index (χ4v) is 3.82. The normalized spacial score (nSPS) is 21.0. The highest BCUT2D eigenvalue weighted by atomic mass is 19.3. The van der Waals surface area contributed by atoms with Gasteiger partial charge in [0.1, 0.15) is 6.04 Å². The molecule has 0 radical (unpaired) electrons. The molecule has 0 spiro atoms. The molecule has 158 valence electrons. The number of aryl methyl sites for hydroxylation is 1. The van der Waals surface area contributed by atoms with Gasteiger partial charge in [0.05, 0.1) is 11.6 Å². The second-order valence-electron chi connectivity index (χ2n) is 7.59. The number of hydrogen-bond acceptors (Lipinski definition) is 5. The molecule has 1 aromatic carbocycles. The molecular formula is C20H22F2N6O2. The lowest BCUT2D eigenvalue weighted by Crippen LogP contribution is -2.60. The third-order valence-electron chi connectivity index (χ3n) is 5.58. The Labute approximate surface area is 171 Å². The van der Waals surface area contributed by atoms with Crippen molar-refractivity contribution < 1.29 is 18.7 Å². The molecule has 1 fully saturated rings. The molecule has 30 heavy (non-hydrogen) atoms. The summed E-state index contributed by atoms with van der Waals surface area (Å²) in [6.45, 7) is 1.89. The molecule has 1 amide bonds. The van der Waals surface area contributed by atoms with Gasteiger partial charge in [-0.2, -0.15) is 10.1 Å². The number of carboxylic acid groups (broad SMARTS) is 1. The zero-order chi connectivity index (χ0) is 21.3. The third-order valence-corrected chi connectivity index (χ3v) is 5.58. The number of rotatable bonds is 5. The second-order valence-corrected chi connectivity index (χ2v) is 7.59. The lowest BCUT2D eigenvalue weighted by Gasteiger charge is -2.44. The van der Waals surface area contributed by atoms with E-state index in [0.29, 0.717) is 11.2 Å². The van der Waals surface area contributed by atoms with Crippen LogP contribution in [-0.2, 0) is 6.42 Å². The number of hydrogen-bond donors (Lipinski definition) is 3. The molecule has 8 nitrogen and oxygen atoms in total. The number of aromatic nitrogens is 4. The smallest absolute Gasteiger partial charge is 0.407 e. The number of benzene rings is 1. The van der Waals surface area contributed by atoms with Crippen LogP contribution in [0.25, 0.3) is 11.0 Å². The van der Waals surface area contributed by atoms with Crippen molar-refractivity contribution >= 4 is 23.1 Å². The van der Waals surface area contributed by atoms with E-state index in [1.807, 2.05) is 19.1 Å². The Balaban J connectivity index is 1.51. The van der Waals surface area contributed by atoms with Gasteiger partial charge in [0, 0.05) is 25.2 Å². The van der Waals surface area contributed by atoms with E-state index in [4.69, 9.17) is 0 Å².